The molecule has 0 bridgehead atoms. The van der Waals surface area contributed by atoms with Gasteiger partial charge in [0, 0.05) is 12.6 Å². The number of halogens is 1. The van der Waals surface area contributed by atoms with E-state index < -0.39 is 6.10 Å². The highest BCUT2D eigenvalue weighted by atomic mass is 35.5. The average molecular weight is 323 g/mol. The second-order valence-electron chi connectivity index (χ2n) is 5.19. The first-order valence-corrected chi connectivity index (χ1v) is 7.48. The van der Waals surface area contributed by atoms with E-state index in [-0.39, 0.29) is 12.4 Å². The normalized spacial score (nSPS) is 12.1. The molecular formula is C16H19ClN2O3. The van der Waals surface area contributed by atoms with E-state index in [0.717, 1.165) is 12.0 Å². The number of Topliss-reactive ketones (excluding diaryl/α,β-unsaturated/α-hetero) is 1. The zero-order valence-electron chi connectivity index (χ0n) is 12.4. The summed E-state index contributed by atoms with van der Waals surface area (Å²) in [5.41, 5.74) is 1.09. The Morgan fingerprint density at radius 2 is 2.14 bits per heavy atom. The minimum atomic E-state index is -0.673. The molecule has 0 aliphatic heterocycles. The molecule has 118 valence electrons. The summed E-state index contributed by atoms with van der Waals surface area (Å²) in [7, 11) is 0. The number of hydrogen-bond donors (Lipinski definition) is 1. The molecule has 0 radical (unpaired) electrons. The van der Waals surface area contributed by atoms with Crippen LogP contribution in [0.5, 0.6) is 5.75 Å². The summed E-state index contributed by atoms with van der Waals surface area (Å²) in [4.78, 5) is 10.9. The number of aliphatic hydroxyl groups is 1. The van der Waals surface area contributed by atoms with Crippen LogP contribution in [0.2, 0.25) is 5.02 Å². The van der Waals surface area contributed by atoms with Gasteiger partial charge in [-0.3, -0.25) is 4.68 Å². The number of carbonyl (C=O) groups is 1. The monoisotopic (exact) mass is 322 g/mol. The number of aryl methyl sites for hydroxylation is 1. The van der Waals surface area contributed by atoms with E-state index in [1.165, 1.54) is 6.20 Å². The summed E-state index contributed by atoms with van der Waals surface area (Å²) >= 11 is 5.76. The van der Waals surface area contributed by atoms with Crippen molar-refractivity contribution in [1.29, 1.82) is 0 Å². The Balaban J connectivity index is 1.77. The van der Waals surface area contributed by atoms with E-state index in [1.807, 2.05) is 24.3 Å². The Hall–Kier alpha value is -1.85. The number of ketones is 1. The lowest BCUT2D eigenvalue weighted by molar-refractivity contribution is -0.116. The smallest absolute Gasteiger partial charge is 0.130 e. The first-order chi connectivity index (χ1) is 10.5. The van der Waals surface area contributed by atoms with Crippen LogP contribution >= 0.6 is 11.6 Å². The number of aromatic nitrogens is 2. The van der Waals surface area contributed by atoms with Crippen molar-refractivity contribution >= 4 is 17.4 Å². The fourth-order valence-electron chi connectivity index (χ4n) is 1.97. The predicted octanol–water partition coefficient (Wildman–Crippen LogP) is 2.50. The minimum absolute atomic E-state index is 0.171. The van der Waals surface area contributed by atoms with Crippen molar-refractivity contribution in [3.63, 3.8) is 0 Å². The maximum absolute atomic E-state index is 10.9. The van der Waals surface area contributed by atoms with Gasteiger partial charge in [0.25, 0.3) is 0 Å². The zero-order chi connectivity index (χ0) is 15.9. The van der Waals surface area contributed by atoms with Gasteiger partial charge in [-0.15, -0.1) is 0 Å². The van der Waals surface area contributed by atoms with Crippen molar-refractivity contribution < 1.29 is 14.6 Å². The van der Waals surface area contributed by atoms with E-state index in [1.54, 1.807) is 17.8 Å². The third-order valence-corrected chi connectivity index (χ3v) is 3.33. The largest absolute Gasteiger partial charge is 0.491 e. The van der Waals surface area contributed by atoms with Gasteiger partial charge in [-0.2, -0.15) is 5.10 Å². The molecule has 1 heterocycles. The molecule has 0 spiro atoms. The van der Waals surface area contributed by atoms with Gasteiger partial charge >= 0.3 is 0 Å². The molecule has 0 saturated carbocycles. The Morgan fingerprint density at radius 3 is 2.73 bits per heavy atom. The number of nitrogens with zero attached hydrogens (tertiary/aromatic N) is 2. The fraction of sp³-hybridized carbons (Fsp3) is 0.375. The average Bonchev–Trinajstić information content (AvgIpc) is 2.89. The highest BCUT2D eigenvalue weighted by Gasteiger charge is 2.08. The Bertz CT molecular complexity index is 610. The Morgan fingerprint density at radius 1 is 1.41 bits per heavy atom. The quantitative estimate of drug-likeness (QED) is 0.811. The fourth-order valence-corrected chi connectivity index (χ4v) is 2.13. The molecule has 1 aromatic heterocycles. The zero-order valence-corrected chi connectivity index (χ0v) is 13.2. The summed E-state index contributed by atoms with van der Waals surface area (Å²) in [6.45, 7) is 2.08. The molecule has 1 N–H and O–H groups in total. The van der Waals surface area contributed by atoms with E-state index in [4.69, 9.17) is 16.3 Å². The third-order valence-electron chi connectivity index (χ3n) is 3.13. The van der Waals surface area contributed by atoms with Crippen LogP contribution in [-0.4, -0.2) is 33.4 Å². The van der Waals surface area contributed by atoms with Gasteiger partial charge in [0.2, 0.25) is 0 Å². The molecule has 2 aromatic rings. The van der Waals surface area contributed by atoms with Gasteiger partial charge in [-0.05, 0) is 31.0 Å². The highest BCUT2D eigenvalue weighted by Crippen LogP contribution is 2.14. The van der Waals surface area contributed by atoms with Crippen LogP contribution in [0.15, 0.2) is 36.7 Å². The molecule has 6 heteroatoms. The van der Waals surface area contributed by atoms with Crippen LogP contribution in [0.25, 0.3) is 0 Å². The Kier molecular flexibility index (Phi) is 5.98. The predicted molar refractivity (Wildman–Crippen MR) is 84.2 cm³/mol. The van der Waals surface area contributed by atoms with E-state index in [2.05, 4.69) is 5.10 Å². The number of ether oxygens (including phenoxy) is 1. The molecule has 0 fully saturated rings. The van der Waals surface area contributed by atoms with E-state index >= 15 is 0 Å². The van der Waals surface area contributed by atoms with Crippen molar-refractivity contribution in [3.8, 4) is 5.75 Å². The van der Waals surface area contributed by atoms with Crippen LogP contribution < -0.4 is 4.74 Å². The van der Waals surface area contributed by atoms with Gasteiger partial charge in [-0.25, -0.2) is 0 Å². The molecular weight excluding hydrogens is 304 g/mol. The summed E-state index contributed by atoms with van der Waals surface area (Å²) in [6.07, 6.45) is 3.78. The van der Waals surface area contributed by atoms with Crippen LogP contribution in [0.1, 0.15) is 18.9 Å². The van der Waals surface area contributed by atoms with Crippen LogP contribution in [0.4, 0.5) is 0 Å². The number of benzene rings is 1. The summed E-state index contributed by atoms with van der Waals surface area (Å²) in [5.74, 6) is 0.867. The molecule has 2 rings (SSSR count). The lowest BCUT2D eigenvalue weighted by atomic mass is 10.1. The van der Waals surface area contributed by atoms with E-state index in [9.17, 15) is 9.90 Å². The maximum Gasteiger partial charge on any atom is 0.130 e. The van der Waals surface area contributed by atoms with Crippen LogP contribution in [0.3, 0.4) is 0 Å². The standard InChI is InChI=1S/C16H19ClN2O3/c1-12(20)2-3-13-4-6-16(7-5-13)22-11-15(21)10-19-9-14(17)8-18-19/h4-9,15,21H,2-3,10-11H2,1H3. The minimum Gasteiger partial charge on any atom is -0.491 e. The van der Waals surface area contributed by atoms with Gasteiger partial charge in [0.15, 0.2) is 0 Å². The second-order valence-corrected chi connectivity index (χ2v) is 5.63. The summed E-state index contributed by atoms with van der Waals surface area (Å²) < 4.78 is 7.11. The molecule has 0 saturated heterocycles. The Labute approximate surface area is 134 Å². The lowest BCUT2D eigenvalue weighted by Crippen LogP contribution is -2.23. The highest BCUT2D eigenvalue weighted by molar-refractivity contribution is 6.30. The van der Waals surface area contributed by atoms with E-state index in [0.29, 0.717) is 23.7 Å². The van der Waals surface area contributed by atoms with Gasteiger partial charge < -0.3 is 14.6 Å². The summed E-state index contributed by atoms with van der Waals surface area (Å²) in [6, 6.07) is 7.54. The first-order valence-electron chi connectivity index (χ1n) is 7.10. The first kappa shape index (κ1) is 16.5. The van der Waals surface area contributed by atoms with Gasteiger partial charge in [0.05, 0.1) is 17.8 Å². The topological polar surface area (TPSA) is 64.3 Å². The number of carbonyl (C=O) groups excluding carboxylic acids is 1. The van der Waals surface area contributed by atoms with Crippen molar-refractivity contribution in [2.75, 3.05) is 6.61 Å². The molecule has 0 aliphatic rings. The number of rotatable bonds is 8. The molecule has 22 heavy (non-hydrogen) atoms. The number of hydrogen-bond acceptors (Lipinski definition) is 4. The maximum atomic E-state index is 10.9. The number of aliphatic hydroxyl groups excluding tert-OH is 1. The molecule has 1 unspecified atom stereocenters. The van der Waals surface area contributed by atoms with Crippen molar-refractivity contribution in [2.45, 2.75) is 32.4 Å². The van der Waals surface area contributed by atoms with Gasteiger partial charge in [0.1, 0.15) is 24.2 Å². The van der Waals surface area contributed by atoms with Crippen LogP contribution in [0, 0.1) is 0 Å². The van der Waals surface area contributed by atoms with Gasteiger partial charge in [-0.1, -0.05) is 23.7 Å². The molecule has 0 aliphatic carbocycles. The van der Waals surface area contributed by atoms with Crippen molar-refractivity contribution in [3.05, 3.63) is 47.2 Å². The SMILES string of the molecule is CC(=O)CCc1ccc(OCC(O)Cn2cc(Cl)cn2)cc1. The third kappa shape index (κ3) is 5.50. The van der Waals surface area contributed by atoms with Crippen molar-refractivity contribution in [1.82, 2.24) is 9.78 Å². The molecule has 5 nitrogen and oxygen atoms in total. The second kappa shape index (κ2) is 7.96. The molecule has 1 atom stereocenters. The molecule has 1 aromatic carbocycles. The summed E-state index contributed by atoms with van der Waals surface area (Å²) in [5, 5.41) is 14.4. The molecule has 0 amide bonds. The van der Waals surface area contributed by atoms with Crippen molar-refractivity contribution in [2.24, 2.45) is 0 Å². The van der Waals surface area contributed by atoms with Crippen LogP contribution in [-0.2, 0) is 17.8 Å². The lowest BCUT2D eigenvalue weighted by Gasteiger charge is -2.12.